The third kappa shape index (κ3) is 4.48. The molecule has 0 spiro atoms. The van der Waals surface area contributed by atoms with Crippen LogP contribution in [0.25, 0.3) is 0 Å². The van der Waals surface area contributed by atoms with Crippen molar-refractivity contribution in [2.45, 2.75) is 37.2 Å². The second kappa shape index (κ2) is 8.74. The quantitative estimate of drug-likeness (QED) is 0.487. The highest BCUT2D eigenvalue weighted by molar-refractivity contribution is 7.98. The summed E-state index contributed by atoms with van der Waals surface area (Å²) in [6, 6.07) is 16.5. The number of aryl methyl sites for hydroxylation is 1. The van der Waals surface area contributed by atoms with Crippen molar-refractivity contribution in [1.82, 2.24) is 9.97 Å². The van der Waals surface area contributed by atoms with Gasteiger partial charge in [-0.2, -0.15) is 0 Å². The molecule has 0 saturated carbocycles. The Balaban J connectivity index is 1.52. The fourth-order valence-corrected chi connectivity index (χ4v) is 4.44. The number of hydrogen-bond donors (Lipinski definition) is 1. The van der Waals surface area contributed by atoms with Crippen LogP contribution in [0.5, 0.6) is 5.75 Å². The van der Waals surface area contributed by atoms with Crippen LogP contribution in [-0.4, -0.2) is 23.6 Å². The molecule has 1 N–H and O–H groups in total. The molecule has 150 valence electrons. The second-order valence-electron chi connectivity index (χ2n) is 7.23. The van der Waals surface area contributed by atoms with E-state index in [1.54, 1.807) is 18.9 Å². The number of para-hydroxylation sites is 1. The van der Waals surface area contributed by atoms with E-state index in [1.807, 2.05) is 31.2 Å². The van der Waals surface area contributed by atoms with Gasteiger partial charge in [-0.25, -0.2) is 4.98 Å². The van der Waals surface area contributed by atoms with Gasteiger partial charge in [0.05, 0.1) is 19.3 Å². The number of aromatic amines is 1. The molecule has 6 heteroatoms. The van der Waals surface area contributed by atoms with Crippen LogP contribution in [0.1, 0.15) is 28.8 Å². The number of nitrogens with zero attached hydrogens (tertiary/aromatic N) is 2. The zero-order valence-corrected chi connectivity index (χ0v) is 17.6. The van der Waals surface area contributed by atoms with Gasteiger partial charge in [0.1, 0.15) is 5.75 Å². The predicted molar refractivity (Wildman–Crippen MR) is 118 cm³/mol. The number of aromatic nitrogens is 2. The fraction of sp³-hybridized carbons (Fsp3) is 0.304. The molecular formula is C23H25N3O2S. The Morgan fingerprint density at radius 3 is 2.76 bits per heavy atom. The van der Waals surface area contributed by atoms with E-state index in [9.17, 15) is 4.79 Å². The van der Waals surface area contributed by atoms with Gasteiger partial charge >= 0.3 is 0 Å². The van der Waals surface area contributed by atoms with E-state index in [-0.39, 0.29) is 5.56 Å². The molecule has 3 aromatic rings. The molecular weight excluding hydrogens is 382 g/mol. The van der Waals surface area contributed by atoms with E-state index < -0.39 is 0 Å². The lowest BCUT2D eigenvalue weighted by atomic mass is 10.0. The van der Waals surface area contributed by atoms with Crippen molar-refractivity contribution in [1.29, 1.82) is 0 Å². The van der Waals surface area contributed by atoms with Crippen LogP contribution < -0.4 is 15.2 Å². The Morgan fingerprint density at radius 2 is 1.97 bits per heavy atom. The first-order valence-electron chi connectivity index (χ1n) is 9.82. The van der Waals surface area contributed by atoms with Crippen LogP contribution in [0.2, 0.25) is 0 Å². The van der Waals surface area contributed by atoms with Crippen molar-refractivity contribution < 1.29 is 4.74 Å². The van der Waals surface area contributed by atoms with Gasteiger partial charge in [0.2, 0.25) is 0 Å². The van der Waals surface area contributed by atoms with Gasteiger partial charge in [0.15, 0.2) is 5.16 Å². The van der Waals surface area contributed by atoms with Crippen LogP contribution in [0.3, 0.4) is 0 Å². The number of nitrogens with one attached hydrogen (secondary N) is 1. The number of hydrogen-bond acceptors (Lipinski definition) is 5. The third-order valence-electron chi connectivity index (χ3n) is 5.31. The van der Waals surface area contributed by atoms with Crippen LogP contribution in [0, 0.1) is 6.92 Å². The molecule has 1 aliphatic heterocycles. The number of fused-ring (bicyclic) bond motifs is 1. The van der Waals surface area contributed by atoms with Gasteiger partial charge in [0, 0.05) is 23.5 Å². The number of anilines is 1. The van der Waals surface area contributed by atoms with Crippen LogP contribution in [0.15, 0.2) is 58.5 Å². The molecule has 29 heavy (non-hydrogen) atoms. The van der Waals surface area contributed by atoms with Crippen LogP contribution in [0.4, 0.5) is 5.69 Å². The standard InChI is InChI=1S/C23H25N3O2S/c1-16-20(14-26-13-5-7-18-6-3-4-8-21(18)26)24-23(25-22(16)27)29-15-17-9-11-19(28-2)12-10-17/h3-4,6,8-12H,5,7,13-15H2,1-2H3,(H,24,25,27). The van der Waals surface area contributed by atoms with Crippen molar-refractivity contribution in [2.24, 2.45) is 0 Å². The monoisotopic (exact) mass is 407 g/mol. The number of methoxy groups -OCH3 is 1. The molecule has 4 rings (SSSR count). The maximum atomic E-state index is 12.5. The Morgan fingerprint density at radius 1 is 1.17 bits per heavy atom. The minimum Gasteiger partial charge on any atom is -0.497 e. The summed E-state index contributed by atoms with van der Waals surface area (Å²) in [5.74, 6) is 1.58. The third-order valence-corrected chi connectivity index (χ3v) is 6.26. The van der Waals surface area contributed by atoms with Gasteiger partial charge in [-0.05, 0) is 49.1 Å². The minimum absolute atomic E-state index is 0.0578. The Bertz CT molecular complexity index is 1050. The summed E-state index contributed by atoms with van der Waals surface area (Å²) < 4.78 is 5.20. The summed E-state index contributed by atoms with van der Waals surface area (Å²) in [6.45, 7) is 3.50. The summed E-state index contributed by atoms with van der Waals surface area (Å²) in [5.41, 5.74) is 5.27. The van der Waals surface area contributed by atoms with E-state index in [2.05, 4.69) is 34.1 Å². The van der Waals surface area contributed by atoms with Crippen molar-refractivity contribution in [3.63, 3.8) is 0 Å². The highest BCUT2D eigenvalue weighted by Gasteiger charge is 2.19. The number of thioether (sulfide) groups is 1. The maximum Gasteiger partial charge on any atom is 0.254 e. The van der Waals surface area contributed by atoms with Crippen molar-refractivity contribution in [3.05, 3.63) is 81.3 Å². The molecule has 0 unspecified atom stereocenters. The summed E-state index contributed by atoms with van der Waals surface area (Å²) in [6.07, 6.45) is 2.23. The SMILES string of the molecule is COc1ccc(CSc2nc(CN3CCCc4ccccc43)c(C)c(=O)[nH]2)cc1. The average molecular weight is 408 g/mol. The lowest BCUT2D eigenvalue weighted by Gasteiger charge is -2.31. The second-order valence-corrected chi connectivity index (χ2v) is 8.20. The molecule has 0 amide bonds. The molecule has 0 radical (unpaired) electrons. The first-order chi connectivity index (χ1) is 14.1. The predicted octanol–water partition coefficient (Wildman–Crippen LogP) is 4.33. The Hall–Kier alpha value is -2.73. The van der Waals surface area contributed by atoms with Gasteiger partial charge in [-0.1, -0.05) is 42.1 Å². The molecule has 0 bridgehead atoms. The minimum atomic E-state index is -0.0578. The molecule has 5 nitrogen and oxygen atoms in total. The highest BCUT2D eigenvalue weighted by Crippen LogP contribution is 2.28. The van der Waals surface area contributed by atoms with Crippen molar-refractivity contribution in [2.75, 3.05) is 18.6 Å². The van der Waals surface area contributed by atoms with E-state index in [0.29, 0.717) is 17.3 Å². The summed E-state index contributed by atoms with van der Waals surface area (Å²) in [7, 11) is 1.66. The van der Waals surface area contributed by atoms with Gasteiger partial charge in [-0.15, -0.1) is 0 Å². The normalized spacial score (nSPS) is 13.2. The molecule has 0 atom stereocenters. The van der Waals surface area contributed by atoms with Gasteiger partial charge in [-0.3, -0.25) is 4.79 Å². The maximum absolute atomic E-state index is 12.5. The van der Waals surface area contributed by atoms with E-state index in [0.717, 1.165) is 42.1 Å². The van der Waals surface area contributed by atoms with E-state index in [4.69, 9.17) is 9.72 Å². The average Bonchev–Trinajstić information content (AvgIpc) is 2.76. The molecule has 0 aliphatic carbocycles. The largest absolute Gasteiger partial charge is 0.497 e. The molecule has 0 saturated heterocycles. The van der Waals surface area contributed by atoms with Crippen molar-refractivity contribution in [3.8, 4) is 5.75 Å². The molecule has 2 aromatic carbocycles. The molecule has 2 heterocycles. The Labute approximate surface area is 175 Å². The zero-order chi connectivity index (χ0) is 20.2. The van der Waals surface area contributed by atoms with Crippen LogP contribution in [-0.2, 0) is 18.7 Å². The van der Waals surface area contributed by atoms with Crippen molar-refractivity contribution >= 4 is 17.4 Å². The topological polar surface area (TPSA) is 58.2 Å². The number of benzene rings is 2. The number of rotatable bonds is 6. The fourth-order valence-electron chi connectivity index (χ4n) is 3.61. The molecule has 1 aromatic heterocycles. The smallest absolute Gasteiger partial charge is 0.254 e. The summed E-state index contributed by atoms with van der Waals surface area (Å²) >= 11 is 1.55. The lowest BCUT2D eigenvalue weighted by molar-refractivity contribution is 0.414. The van der Waals surface area contributed by atoms with Crippen LogP contribution >= 0.6 is 11.8 Å². The summed E-state index contributed by atoms with van der Waals surface area (Å²) in [5, 5.41) is 0.664. The van der Waals surface area contributed by atoms with E-state index in [1.165, 1.54) is 11.3 Å². The highest BCUT2D eigenvalue weighted by atomic mass is 32.2. The lowest BCUT2D eigenvalue weighted by Crippen LogP contribution is -2.30. The molecule has 0 fully saturated rings. The first-order valence-corrected chi connectivity index (χ1v) is 10.8. The van der Waals surface area contributed by atoms with Gasteiger partial charge < -0.3 is 14.6 Å². The zero-order valence-electron chi connectivity index (χ0n) is 16.8. The first kappa shape index (κ1) is 19.6. The number of H-pyrrole nitrogens is 1. The van der Waals surface area contributed by atoms with Gasteiger partial charge in [0.25, 0.3) is 5.56 Å². The van der Waals surface area contributed by atoms with E-state index >= 15 is 0 Å². The number of ether oxygens (including phenoxy) is 1. The molecule has 1 aliphatic rings. The Kier molecular flexibility index (Phi) is 5.90. The summed E-state index contributed by atoms with van der Waals surface area (Å²) in [4.78, 5) is 22.5.